The van der Waals surface area contributed by atoms with Crippen molar-refractivity contribution in [1.29, 1.82) is 0 Å². The summed E-state index contributed by atoms with van der Waals surface area (Å²) >= 11 is 0. The van der Waals surface area contributed by atoms with E-state index >= 15 is 0 Å². The predicted octanol–water partition coefficient (Wildman–Crippen LogP) is 2.72. The van der Waals surface area contributed by atoms with Crippen molar-refractivity contribution >= 4 is 17.5 Å². The third kappa shape index (κ3) is 4.60. The monoisotopic (exact) mass is 386 g/mol. The number of methoxy groups -OCH3 is 1. The third-order valence-electron chi connectivity index (χ3n) is 4.72. The SMILES string of the molecule is COc1cccc(N2CC(C(=O)N(C)CCOc3ccc(F)cc3)CC2=O)c1. The fourth-order valence-corrected chi connectivity index (χ4v) is 3.15. The summed E-state index contributed by atoms with van der Waals surface area (Å²) < 4.78 is 23.6. The van der Waals surface area contributed by atoms with Crippen LogP contribution in [-0.4, -0.2) is 50.6 Å². The molecule has 1 unspecified atom stereocenters. The lowest BCUT2D eigenvalue weighted by atomic mass is 10.1. The molecule has 0 saturated carbocycles. The van der Waals surface area contributed by atoms with Crippen LogP contribution in [0.1, 0.15) is 6.42 Å². The number of nitrogens with zero attached hydrogens (tertiary/aromatic N) is 2. The van der Waals surface area contributed by atoms with Gasteiger partial charge in [0.05, 0.1) is 19.6 Å². The van der Waals surface area contributed by atoms with Crippen LogP contribution in [0, 0.1) is 11.7 Å². The average Bonchev–Trinajstić information content (AvgIpc) is 3.10. The largest absolute Gasteiger partial charge is 0.497 e. The van der Waals surface area contributed by atoms with E-state index in [1.807, 2.05) is 18.2 Å². The molecule has 0 radical (unpaired) electrons. The fourth-order valence-electron chi connectivity index (χ4n) is 3.15. The second-order valence-corrected chi connectivity index (χ2v) is 6.67. The first kappa shape index (κ1) is 19.7. The minimum atomic E-state index is -0.394. The number of likely N-dealkylation sites (N-methyl/N-ethyl adjacent to an activating group) is 1. The Labute approximate surface area is 163 Å². The zero-order valence-corrected chi connectivity index (χ0v) is 15.9. The number of carbonyl (C=O) groups is 2. The predicted molar refractivity (Wildman–Crippen MR) is 103 cm³/mol. The minimum absolute atomic E-state index is 0.0810. The van der Waals surface area contributed by atoms with Crippen molar-refractivity contribution in [2.24, 2.45) is 5.92 Å². The molecule has 148 valence electrons. The zero-order valence-electron chi connectivity index (χ0n) is 15.9. The number of carbonyl (C=O) groups excluding carboxylic acids is 2. The summed E-state index contributed by atoms with van der Waals surface area (Å²) in [5.74, 6) is 0.308. The number of hydrogen-bond donors (Lipinski definition) is 0. The van der Waals surface area contributed by atoms with E-state index in [0.29, 0.717) is 24.6 Å². The number of halogens is 1. The Bertz CT molecular complexity index is 841. The van der Waals surface area contributed by atoms with Crippen LogP contribution in [0.15, 0.2) is 48.5 Å². The summed E-state index contributed by atoms with van der Waals surface area (Å²) in [5.41, 5.74) is 0.724. The summed E-state index contributed by atoms with van der Waals surface area (Å²) in [4.78, 5) is 28.3. The normalized spacial score (nSPS) is 16.2. The number of rotatable bonds is 7. The standard InChI is InChI=1S/C21H23FN2O4/c1-23(10-11-28-18-8-6-16(22)7-9-18)21(26)15-12-20(25)24(14-15)17-4-3-5-19(13-17)27-2/h3-9,13,15H,10-12,14H2,1-2H3. The van der Waals surface area contributed by atoms with Gasteiger partial charge in [0.1, 0.15) is 23.9 Å². The van der Waals surface area contributed by atoms with Gasteiger partial charge >= 0.3 is 0 Å². The lowest BCUT2D eigenvalue weighted by molar-refractivity contribution is -0.134. The summed E-state index contributed by atoms with van der Waals surface area (Å²) in [7, 11) is 3.26. The van der Waals surface area contributed by atoms with E-state index < -0.39 is 5.92 Å². The van der Waals surface area contributed by atoms with Gasteiger partial charge in [-0.05, 0) is 36.4 Å². The molecule has 1 atom stereocenters. The topological polar surface area (TPSA) is 59.1 Å². The Morgan fingerprint density at radius 3 is 2.68 bits per heavy atom. The molecule has 0 spiro atoms. The number of amides is 2. The van der Waals surface area contributed by atoms with Crippen molar-refractivity contribution in [1.82, 2.24) is 4.90 Å². The Morgan fingerprint density at radius 2 is 1.96 bits per heavy atom. The van der Waals surface area contributed by atoms with Crippen LogP contribution in [0.5, 0.6) is 11.5 Å². The van der Waals surface area contributed by atoms with Gasteiger partial charge < -0.3 is 19.3 Å². The van der Waals surface area contributed by atoms with Crippen LogP contribution in [0.3, 0.4) is 0 Å². The first-order valence-electron chi connectivity index (χ1n) is 9.05. The summed E-state index contributed by atoms with van der Waals surface area (Å²) in [6.07, 6.45) is 0.180. The van der Waals surface area contributed by atoms with E-state index in [4.69, 9.17) is 9.47 Å². The Hall–Kier alpha value is -3.09. The Morgan fingerprint density at radius 1 is 1.21 bits per heavy atom. The van der Waals surface area contributed by atoms with E-state index in [-0.39, 0.29) is 30.7 Å². The number of hydrogen-bond acceptors (Lipinski definition) is 4. The van der Waals surface area contributed by atoms with E-state index in [1.54, 1.807) is 42.2 Å². The molecule has 28 heavy (non-hydrogen) atoms. The fraction of sp³-hybridized carbons (Fsp3) is 0.333. The maximum absolute atomic E-state index is 12.9. The van der Waals surface area contributed by atoms with Gasteiger partial charge in [-0.1, -0.05) is 6.07 Å². The van der Waals surface area contributed by atoms with Gasteiger partial charge in [-0.3, -0.25) is 9.59 Å². The average molecular weight is 386 g/mol. The Balaban J connectivity index is 1.53. The molecule has 1 heterocycles. The minimum Gasteiger partial charge on any atom is -0.497 e. The van der Waals surface area contributed by atoms with Crippen LogP contribution in [-0.2, 0) is 9.59 Å². The van der Waals surface area contributed by atoms with Crippen LogP contribution in [0.2, 0.25) is 0 Å². The van der Waals surface area contributed by atoms with Crippen molar-refractivity contribution in [3.05, 3.63) is 54.3 Å². The third-order valence-corrected chi connectivity index (χ3v) is 4.72. The van der Waals surface area contributed by atoms with Gasteiger partial charge in [-0.15, -0.1) is 0 Å². The molecule has 2 aromatic rings. The highest BCUT2D eigenvalue weighted by Gasteiger charge is 2.36. The van der Waals surface area contributed by atoms with Crippen molar-refractivity contribution in [2.45, 2.75) is 6.42 Å². The highest BCUT2D eigenvalue weighted by atomic mass is 19.1. The first-order valence-corrected chi connectivity index (χ1v) is 9.05. The molecule has 1 aliphatic heterocycles. The molecule has 0 aromatic heterocycles. The van der Waals surface area contributed by atoms with E-state index in [2.05, 4.69) is 0 Å². The molecule has 0 bridgehead atoms. The first-order chi connectivity index (χ1) is 13.5. The van der Waals surface area contributed by atoms with Crippen LogP contribution in [0.25, 0.3) is 0 Å². The number of anilines is 1. The van der Waals surface area contributed by atoms with E-state index in [0.717, 1.165) is 5.69 Å². The highest BCUT2D eigenvalue weighted by molar-refractivity contribution is 6.00. The molecule has 6 nitrogen and oxygen atoms in total. The van der Waals surface area contributed by atoms with Crippen LogP contribution < -0.4 is 14.4 Å². The summed E-state index contributed by atoms with van der Waals surface area (Å²) in [6, 6.07) is 13.0. The van der Waals surface area contributed by atoms with Gasteiger partial charge in [0.15, 0.2) is 0 Å². The van der Waals surface area contributed by atoms with Gasteiger partial charge in [0, 0.05) is 31.8 Å². The van der Waals surface area contributed by atoms with Crippen LogP contribution in [0.4, 0.5) is 10.1 Å². The molecular weight excluding hydrogens is 363 g/mol. The maximum atomic E-state index is 12.9. The lowest BCUT2D eigenvalue weighted by Gasteiger charge is -2.21. The quantitative estimate of drug-likeness (QED) is 0.734. The van der Waals surface area contributed by atoms with E-state index in [1.165, 1.54) is 12.1 Å². The molecule has 0 N–H and O–H groups in total. The molecule has 2 aromatic carbocycles. The molecular formula is C21H23FN2O4. The number of ether oxygens (including phenoxy) is 2. The van der Waals surface area contributed by atoms with Crippen molar-refractivity contribution in [2.75, 3.05) is 38.8 Å². The smallest absolute Gasteiger partial charge is 0.227 e. The van der Waals surface area contributed by atoms with Crippen molar-refractivity contribution < 1.29 is 23.5 Å². The zero-order chi connectivity index (χ0) is 20.1. The van der Waals surface area contributed by atoms with Gasteiger partial charge in [0.25, 0.3) is 0 Å². The molecule has 1 saturated heterocycles. The van der Waals surface area contributed by atoms with Gasteiger partial charge in [-0.2, -0.15) is 0 Å². The molecule has 7 heteroatoms. The molecule has 3 rings (SSSR count). The maximum Gasteiger partial charge on any atom is 0.227 e. The summed E-state index contributed by atoms with van der Waals surface area (Å²) in [5, 5.41) is 0. The molecule has 1 aliphatic rings. The molecule has 0 aliphatic carbocycles. The Kier molecular flexibility index (Phi) is 6.13. The van der Waals surface area contributed by atoms with Crippen LogP contribution >= 0.6 is 0 Å². The summed E-state index contributed by atoms with van der Waals surface area (Å²) in [6.45, 7) is 1.00. The number of benzene rings is 2. The lowest BCUT2D eigenvalue weighted by Crippen LogP contribution is -2.37. The van der Waals surface area contributed by atoms with Crippen molar-refractivity contribution in [3.8, 4) is 11.5 Å². The molecule has 2 amide bonds. The second kappa shape index (κ2) is 8.73. The van der Waals surface area contributed by atoms with E-state index in [9.17, 15) is 14.0 Å². The second-order valence-electron chi connectivity index (χ2n) is 6.67. The van der Waals surface area contributed by atoms with Gasteiger partial charge in [0.2, 0.25) is 11.8 Å². The van der Waals surface area contributed by atoms with Gasteiger partial charge in [-0.25, -0.2) is 4.39 Å². The highest BCUT2D eigenvalue weighted by Crippen LogP contribution is 2.28. The van der Waals surface area contributed by atoms with Crippen molar-refractivity contribution in [3.63, 3.8) is 0 Å². The molecule has 1 fully saturated rings.